The Bertz CT molecular complexity index is 383. The quantitative estimate of drug-likeness (QED) is 0.830. The first-order valence-electron chi connectivity index (χ1n) is 6.79. The molecule has 1 aromatic carbocycles. The maximum absolute atomic E-state index is 13.2. The Morgan fingerprint density at radius 3 is 2.28 bits per heavy atom. The number of benzene rings is 1. The Morgan fingerprint density at radius 2 is 1.67 bits per heavy atom. The van der Waals surface area contributed by atoms with Crippen molar-refractivity contribution in [2.75, 3.05) is 5.32 Å². The first-order chi connectivity index (χ1) is 8.56. The van der Waals surface area contributed by atoms with Crippen molar-refractivity contribution in [1.82, 2.24) is 0 Å². The van der Waals surface area contributed by atoms with Crippen LogP contribution < -0.4 is 5.32 Å². The van der Waals surface area contributed by atoms with Crippen LogP contribution in [0, 0.1) is 23.5 Å². The molecule has 1 N–H and O–H groups in total. The van der Waals surface area contributed by atoms with Gasteiger partial charge in [-0.25, -0.2) is 8.78 Å². The number of anilines is 1. The molecule has 1 fully saturated rings. The van der Waals surface area contributed by atoms with Crippen LogP contribution in [0.5, 0.6) is 0 Å². The maximum atomic E-state index is 13.2. The van der Waals surface area contributed by atoms with E-state index in [0.717, 1.165) is 12.5 Å². The van der Waals surface area contributed by atoms with Gasteiger partial charge in [0.1, 0.15) is 11.6 Å². The van der Waals surface area contributed by atoms with Crippen molar-refractivity contribution in [3.05, 3.63) is 29.8 Å². The Labute approximate surface area is 108 Å². The van der Waals surface area contributed by atoms with Crippen molar-refractivity contribution in [1.29, 1.82) is 0 Å². The molecular formula is C15H21F2N. The monoisotopic (exact) mass is 253 g/mol. The minimum Gasteiger partial charge on any atom is -0.382 e. The lowest BCUT2D eigenvalue weighted by molar-refractivity contribution is 0.253. The van der Waals surface area contributed by atoms with E-state index in [1.165, 1.54) is 31.4 Å². The van der Waals surface area contributed by atoms with Crippen LogP contribution in [-0.4, -0.2) is 6.04 Å². The molecule has 1 aliphatic rings. The van der Waals surface area contributed by atoms with Crippen molar-refractivity contribution in [3.63, 3.8) is 0 Å². The van der Waals surface area contributed by atoms with Crippen LogP contribution in [0.3, 0.4) is 0 Å². The summed E-state index contributed by atoms with van der Waals surface area (Å²) in [6.45, 7) is 4.44. The summed E-state index contributed by atoms with van der Waals surface area (Å²) < 4.78 is 26.3. The fraction of sp³-hybridized carbons (Fsp3) is 0.600. The molecule has 1 nitrogen and oxygen atoms in total. The van der Waals surface area contributed by atoms with Crippen LogP contribution in [-0.2, 0) is 0 Å². The van der Waals surface area contributed by atoms with Gasteiger partial charge in [-0.05, 0) is 36.8 Å². The second kappa shape index (κ2) is 5.68. The SMILES string of the molecule is CC(C)C1CCCCC1Nc1cc(F)cc(F)c1. The van der Waals surface area contributed by atoms with Crippen molar-refractivity contribution in [2.24, 2.45) is 11.8 Å². The van der Waals surface area contributed by atoms with E-state index in [4.69, 9.17) is 0 Å². The van der Waals surface area contributed by atoms with E-state index in [0.29, 0.717) is 23.6 Å². The molecule has 0 spiro atoms. The highest BCUT2D eigenvalue weighted by Gasteiger charge is 2.27. The zero-order valence-corrected chi connectivity index (χ0v) is 11.0. The lowest BCUT2D eigenvalue weighted by Crippen LogP contribution is -2.35. The van der Waals surface area contributed by atoms with Crippen LogP contribution in [0.25, 0.3) is 0 Å². The van der Waals surface area contributed by atoms with Gasteiger partial charge in [-0.15, -0.1) is 0 Å². The highest BCUT2D eigenvalue weighted by atomic mass is 19.1. The van der Waals surface area contributed by atoms with Crippen molar-refractivity contribution < 1.29 is 8.78 Å². The van der Waals surface area contributed by atoms with Gasteiger partial charge in [0.25, 0.3) is 0 Å². The largest absolute Gasteiger partial charge is 0.382 e. The summed E-state index contributed by atoms with van der Waals surface area (Å²) in [6, 6.07) is 3.98. The van der Waals surface area contributed by atoms with E-state index < -0.39 is 11.6 Å². The van der Waals surface area contributed by atoms with Gasteiger partial charge in [0.2, 0.25) is 0 Å². The molecule has 1 aliphatic carbocycles. The van der Waals surface area contributed by atoms with Gasteiger partial charge in [-0.1, -0.05) is 26.7 Å². The maximum Gasteiger partial charge on any atom is 0.128 e. The molecular weight excluding hydrogens is 232 g/mol. The molecule has 0 amide bonds. The summed E-state index contributed by atoms with van der Waals surface area (Å²) in [4.78, 5) is 0. The van der Waals surface area contributed by atoms with Crippen LogP contribution in [0.15, 0.2) is 18.2 Å². The van der Waals surface area contributed by atoms with E-state index in [-0.39, 0.29) is 0 Å². The number of nitrogens with one attached hydrogen (secondary N) is 1. The molecule has 0 aliphatic heterocycles. The first kappa shape index (κ1) is 13.3. The van der Waals surface area contributed by atoms with Crippen molar-refractivity contribution >= 4 is 5.69 Å². The molecule has 2 atom stereocenters. The molecule has 1 saturated carbocycles. The van der Waals surface area contributed by atoms with E-state index in [1.54, 1.807) is 0 Å². The average molecular weight is 253 g/mol. The third-order valence-electron chi connectivity index (χ3n) is 3.89. The molecule has 1 aromatic rings. The lowest BCUT2D eigenvalue weighted by Gasteiger charge is -2.35. The van der Waals surface area contributed by atoms with Gasteiger partial charge in [0, 0.05) is 17.8 Å². The summed E-state index contributed by atoms with van der Waals surface area (Å²) in [7, 11) is 0. The minimum atomic E-state index is -0.519. The summed E-state index contributed by atoms with van der Waals surface area (Å²) in [5, 5.41) is 3.31. The first-order valence-corrected chi connectivity index (χ1v) is 6.79. The minimum absolute atomic E-state index is 0.333. The summed E-state index contributed by atoms with van der Waals surface area (Å²) in [6.07, 6.45) is 4.74. The zero-order chi connectivity index (χ0) is 13.1. The number of rotatable bonds is 3. The fourth-order valence-electron chi connectivity index (χ4n) is 2.99. The van der Waals surface area contributed by atoms with E-state index in [1.807, 2.05) is 0 Å². The Hall–Kier alpha value is -1.12. The Balaban J connectivity index is 2.10. The predicted molar refractivity (Wildman–Crippen MR) is 70.6 cm³/mol. The van der Waals surface area contributed by atoms with E-state index >= 15 is 0 Å². The van der Waals surface area contributed by atoms with Crippen molar-refractivity contribution in [3.8, 4) is 0 Å². The van der Waals surface area contributed by atoms with E-state index in [2.05, 4.69) is 19.2 Å². The number of hydrogen-bond acceptors (Lipinski definition) is 1. The molecule has 18 heavy (non-hydrogen) atoms. The smallest absolute Gasteiger partial charge is 0.128 e. The topological polar surface area (TPSA) is 12.0 Å². The molecule has 0 saturated heterocycles. The van der Waals surface area contributed by atoms with Gasteiger partial charge in [0.15, 0.2) is 0 Å². The molecule has 100 valence electrons. The molecule has 2 unspecified atom stereocenters. The van der Waals surface area contributed by atoms with Crippen LogP contribution in [0.4, 0.5) is 14.5 Å². The predicted octanol–water partition coefficient (Wildman–Crippen LogP) is 4.59. The molecule has 0 radical (unpaired) electrons. The number of hydrogen-bond donors (Lipinski definition) is 1. The second-order valence-electron chi connectivity index (χ2n) is 5.60. The highest BCUT2D eigenvalue weighted by Crippen LogP contribution is 2.32. The zero-order valence-electron chi connectivity index (χ0n) is 11.0. The highest BCUT2D eigenvalue weighted by molar-refractivity contribution is 5.44. The molecule has 0 bridgehead atoms. The van der Waals surface area contributed by atoms with Gasteiger partial charge < -0.3 is 5.32 Å². The van der Waals surface area contributed by atoms with Gasteiger partial charge in [-0.2, -0.15) is 0 Å². The lowest BCUT2D eigenvalue weighted by atomic mass is 9.78. The third-order valence-corrected chi connectivity index (χ3v) is 3.89. The number of halogens is 2. The van der Waals surface area contributed by atoms with E-state index in [9.17, 15) is 8.78 Å². The molecule has 3 heteroatoms. The van der Waals surface area contributed by atoms with Crippen molar-refractivity contribution in [2.45, 2.75) is 45.6 Å². The fourth-order valence-corrected chi connectivity index (χ4v) is 2.99. The second-order valence-corrected chi connectivity index (χ2v) is 5.60. The van der Waals surface area contributed by atoms with Gasteiger partial charge >= 0.3 is 0 Å². The van der Waals surface area contributed by atoms with Crippen LogP contribution in [0.1, 0.15) is 39.5 Å². The molecule has 0 heterocycles. The summed E-state index contributed by atoms with van der Waals surface area (Å²) in [5.74, 6) is 0.148. The normalized spacial score (nSPS) is 24.3. The molecule has 2 rings (SSSR count). The summed E-state index contributed by atoms with van der Waals surface area (Å²) in [5.41, 5.74) is 0.560. The Kier molecular flexibility index (Phi) is 4.20. The average Bonchev–Trinajstić information content (AvgIpc) is 2.27. The van der Waals surface area contributed by atoms with Gasteiger partial charge in [0.05, 0.1) is 0 Å². The third kappa shape index (κ3) is 3.21. The molecule has 0 aromatic heterocycles. The Morgan fingerprint density at radius 1 is 1.06 bits per heavy atom. The van der Waals surface area contributed by atoms with Crippen LogP contribution in [0.2, 0.25) is 0 Å². The standard InChI is InChI=1S/C15H21F2N/c1-10(2)14-5-3-4-6-15(14)18-13-8-11(16)7-12(17)9-13/h7-10,14-15,18H,3-6H2,1-2H3. The van der Waals surface area contributed by atoms with Gasteiger partial charge in [-0.3, -0.25) is 0 Å². The van der Waals surface area contributed by atoms with Crippen LogP contribution >= 0.6 is 0 Å². The summed E-state index contributed by atoms with van der Waals surface area (Å²) >= 11 is 0.